The van der Waals surface area contributed by atoms with Gasteiger partial charge in [0.05, 0.1) is 5.92 Å². The zero-order chi connectivity index (χ0) is 19.1. The van der Waals surface area contributed by atoms with Crippen LogP contribution in [0.1, 0.15) is 31.4 Å². The zero-order valence-electron chi connectivity index (χ0n) is 15.6. The van der Waals surface area contributed by atoms with Gasteiger partial charge in [-0.15, -0.1) is 0 Å². The number of carbonyl (C=O) groups is 2. The fraction of sp³-hybridized carbons (Fsp3) is 0.333. The standard InChI is InChI=1S/C21H24O5/c1-5-15(3)21(23)26-18-9-7-17(8-10-18)25-20(22)13-24-19-11-6-14(2)12-16(19)4/h6-12,15H,5,13H2,1-4H3. The molecule has 0 spiro atoms. The molecule has 0 amide bonds. The Morgan fingerprint density at radius 3 is 2.15 bits per heavy atom. The number of hydrogen-bond donors (Lipinski definition) is 0. The van der Waals surface area contributed by atoms with Crippen LogP contribution in [-0.4, -0.2) is 18.5 Å². The molecule has 5 nitrogen and oxygen atoms in total. The second-order valence-corrected chi connectivity index (χ2v) is 6.23. The van der Waals surface area contributed by atoms with Gasteiger partial charge in [0.25, 0.3) is 0 Å². The lowest BCUT2D eigenvalue weighted by atomic mass is 10.1. The molecule has 2 aromatic rings. The number of carbonyl (C=O) groups excluding carboxylic acids is 2. The summed E-state index contributed by atoms with van der Waals surface area (Å²) in [5.74, 6) is 0.493. The molecule has 2 rings (SSSR count). The van der Waals surface area contributed by atoms with E-state index in [2.05, 4.69) is 0 Å². The van der Waals surface area contributed by atoms with Gasteiger partial charge in [-0.3, -0.25) is 4.79 Å². The molecular weight excluding hydrogens is 332 g/mol. The summed E-state index contributed by atoms with van der Waals surface area (Å²) in [7, 11) is 0. The van der Waals surface area contributed by atoms with E-state index in [0.29, 0.717) is 17.2 Å². The normalized spacial score (nSPS) is 11.5. The molecule has 0 aromatic heterocycles. The fourth-order valence-electron chi connectivity index (χ4n) is 2.22. The van der Waals surface area contributed by atoms with E-state index in [4.69, 9.17) is 14.2 Å². The lowest BCUT2D eigenvalue weighted by Crippen LogP contribution is -2.18. The van der Waals surface area contributed by atoms with Crippen molar-refractivity contribution < 1.29 is 23.8 Å². The number of aryl methyl sites for hydroxylation is 2. The molecule has 2 aromatic carbocycles. The lowest BCUT2D eigenvalue weighted by Gasteiger charge is -2.11. The SMILES string of the molecule is CCC(C)C(=O)Oc1ccc(OC(=O)COc2ccc(C)cc2C)cc1. The van der Waals surface area contributed by atoms with E-state index in [9.17, 15) is 9.59 Å². The van der Waals surface area contributed by atoms with Gasteiger partial charge in [0.1, 0.15) is 17.2 Å². The Labute approximate surface area is 153 Å². The summed E-state index contributed by atoms with van der Waals surface area (Å²) < 4.78 is 16.0. The van der Waals surface area contributed by atoms with Crippen molar-refractivity contribution in [2.45, 2.75) is 34.1 Å². The third-order valence-electron chi connectivity index (χ3n) is 3.96. The minimum atomic E-state index is -0.505. The molecule has 0 fully saturated rings. The first kappa shape index (κ1) is 19.5. The molecule has 0 bridgehead atoms. The Morgan fingerprint density at radius 2 is 1.58 bits per heavy atom. The molecule has 26 heavy (non-hydrogen) atoms. The van der Waals surface area contributed by atoms with Crippen LogP contribution >= 0.6 is 0 Å². The van der Waals surface area contributed by atoms with Crippen LogP contribution in [0, 0.1) is 19.8 Å². The maximum absolute atomic E-state index is 11.9. The van der Waals surface area contributed by atoms with Crippen LogP contribution in [-0.2, 0) is 9.59 Å². The molecule has 0 radical (unpaired) electrons. The molecule has 0 aliphatic carbocycles. The van der Waals surface area contributed by atoms with Crippen molar-refractivity contribution in [2.24, 2.45) is 5.92 Å². The van der Waals surface area contributed by atoms with E-state index in [1.165, 1.54) is 0 Å². The average molecular weight is 356 g/mol. The largest absolute Gasteiger partial charge is 0.482 e. The highest BCUT2D eigenvalue weighted by molar-refractivity contribution is 5.75. The van der Waals surface area contributed by atoms with Crippen molar-refractivity contribution in [1.82, 2.24) is 0 Å². The minimum absolute atomic E-state index is 0.158. The van der Waals surface area contributed by atoms with Crippen LogP contribution in [0.2, 0.25) is 0 Å². The van der Waals surface area contributed by atoms with E-state index >= 15 is 0 Å². The predicted octanol–water partition coefficient (Wildman–Crippen LogP) is 4.24. The summed E-state index contributed by atoms with van der Waals surface area (Å²) in [6.07, 6.45) is 0.717. The summed E-state index contributed by atoms with van der Waals surface area (Å²) in [5, 5.41) is 0. The average Bonchev–Trinajstić information content (AvgIpc) is 2.61. The molecule has 0 aliphatic rings. The quantitative estimate of drug-likeness (QED) is 0.548. The maximum atomic E-state index is 11.9. The molecule has 0 heterocycles. The molecule has 0 N–H and O–H groups in total. The Balaban J connectivity index is 1.86. The molecule has 1 atom stereocenters. The van der Waals surface area contributed by atoms with Gasteiger partial charge in [-0.1, -0.05) is 31.5 Å². The monoisotopic (exact) mass is 356 g/mol. The van der Waals surface area contributed by atoms with Crippen LogP contribution in [0.3, 0.4) is 0 Å². The summed E-state index contributed by atoms with van der Waals surface area (Å²) in [6, 6.07) is 12.1. The van der Waals surface area contributed by atoms with Gasteiger partial charge >= 0.3 is 11.9 Å². The van der Waals surface area contributed by atoms with Crippen molar-refractivity contribution in [3.05, 3.63) is 53.6 Å². The highest BCUT2D eigenvalue weighted by atomic mass is 16.6. The van der Waals surface area contributed by atoms with Crippen LogP contribution in [0.15, 0.2) is 42.5 Å². The van der Waals surface area contributed by atoms with E-state index in [0.717, 1.165) is 17.5 Å². The van der Waals surface area contributed by atoms with Crippen molar-refractivity contribution in [3.63, 3.8) is 0 Å². The molecule has 0 aliphatic heterocycles. The van der Waals surface area contributed by atoms with Gasteiger partial charge in [-0.05, 0) is 56.2 Å². The van der Waals surface area contributed by atoms with Gasteiger partial charge in [0.15, 0.2) is 6.61 Å². The number of rotatable bonds is 7. The second kappa shape index (κ2) is 9.04. The summed E-state index contributed by atoms with van der Waals surface area (Å²) in [4.78, 5) is 23.7. The van der Waals surface area contributed by atoms with Gasteiger partial charge in [0, 0.05) is 0 Å². The number of esters is 2. The van der Waals surface area contributed by atoms with Crippen LogP contribution < -0.4 is 14.2 Å². The lowest BCUT2D eigenvalue weighted by molar-refractivity contribution is -0.138. The molecule has 138 valence electrons. The highest BCUT2D eigenvalue weighted by Crippen LogP contribution is 2.21. The highest BCUT2D eigenvalue weighted by Gasteiger charge is 2.13. The van der Waals surface area contributed by atoms with Gasteiger partial charge in [-0.2, -0.15) is 0 Å². The van der Waals surface area contributed by atoms with E-state index in [1.807, 2.05) is 45.9 Å². The first-order valence-electron chi connectivity index (χ1n) is 8.61. The summed E-state index contributed by atoms with van der Waals surface area (Å²) >= 11 is 0. The Kier molecular flexibility index (Phi) is 6.78. The van der Waals surface area contributed by atoms with Gasteiger partial charge in [0.2, 0.25) is 0 Å². The smallest absolute Gasteiger partial charge is 0.349 e. The fourth-order valence-corrected chi connectivity index (χ4v) is 2.22. The van der Waals surface area contributed by atoms with Crippen LogP contribution in [0.25, 0.3) is 0 Å². The third-order valence-corrected chi connectivity index (χ3v) is 3.96. The van der Waals surface area contributed by atoms with Gasteiger partial charge < -0.3 is 14.2 Å². The summed E-state index contributed by atoms with van der Waals surface area (Å²) in [6.45, 7) is 7.47. The Bertz CT molecular complexity index is 764. The van der Waals surface area contributed by atoms with E-state index in [1.54, 1.807) is 24.3 Å². The topological polar surface area (TPSA) is 61.8 Å². The zero-order valence-corrected chi connectivity index (χ0v) is 15.6. The van der Waals surface area contributed by atoms with Crippen molar-refractivity contribution in [3.8, 4) is 17.2 Å². The summed E-state index contributed by atoms with van der Waals surface area (Å²) in [5.41, 5.74) is 2.09. The second-order valence-electron chi connectivity index (χ2n) is 6.23. The molecule has 1 unspecified atom stereocenters. The molecular formula is C21H24O5. The van der Waals surface area contributed by atoms with E-state index < -0.39 is 5.97 Å². The van der Waals surface area contributed by atoms with Crippen molar-refractivity contribution in [2.75, 3.05) is 6.61 Å². The third kappa shape index (κ3) is 5.62. The Hall–Kier alpha value is -2.82. The first-order valence-corrected chi connectivity index (χ1v) is 8.61. The van der Waals surface area contributed by atoms with Crippen molar-refractivity contribution >= 4 is 11.9 Å². The predicted molar refractivity (Wildman–Crippen MR) is 98.6 cm³/mol. The van der Waals surface area contributed by atoms with Gasteiger partial charge in [-0.25, -0.2) is 4.79 Å². The molecule has 0 saturated heterocycles. The molecule has 0 saturated carbocycles. The molecule has 5 heteroatoms. The van der Waals surface area contributed by atoms with Crippen molar-refractivity contribution in [1.29, 1.82) is 0 Å². The number of hydrogen-bond acceptors (Lipinski definition) is 5. The number of benzene rings is 2. The first-order chi connectivity index (χ1) is 12.4. The minimum Gasteiger partial charge on any atom is -0.482 e. The number of ether oxygens (including phenoxy) is 3. The Morgan fingerprint density at radius 1 is 0.962 bits per heavy atom. The maximum Gasteiger partial charge on any atom is 0.349 e. The van der Waals surface area contributed by atoms with E-state index in [-0.39, 0.29) is 18.5 Å². The van der Waals surface area contributed by atoms with Crippen LogP contribution in [0.4, 0.5) is 0 Å². The van der Waals surface area contributed by atoms with Crippen LogP contribution in [0.5, 0.6) is 17.2 Å².